The first-order valence-electron chi connectivity index (χ1n) is 7.16. The minimum Gasteiger partial charge on any atom is -0.369 e. The topological polar surface area (TPSA) is 89.5 Å². The first-order valence-corrected chi connectivity index (χ1v) is 7.16. The van der Waals surface area contributed by atoms with Crippen LogP contribution in [0, 0.1) is 23.0 Å². The molecule has 1 aliphatic rings. The molecular formula is C15H21N3O3. The quantitative estimate of drug-likeness (QED) is 0.678. The molecule has 1 heterocycles. The lowest BCUT2D eigenvalue weighted by Crippen LogP contribution is -2.45. The SMILES string of the molecule is Cc1c(CN2C[C@@H](C(N)=O)CC[C@@H]2C)cccc1[N+](=O)[O-]. The van der Waals surface area contributed by atoms with Crippen LogP contribution in [-0.2, 0) is 11.3 Å². The molecule has 1 aromatic rings. The van der Waals surface area contributed by atoms with Gasteiger partial charge >= 0.3 is 0 Å². The maximum absolute atomic E-state index is 11.4. The summed E-state index contributed by atoms with van der Waals surface area (Å²) in [7, 11) is 0. The minimum atomic E-state index is -0.356. The van der Waals surface area contributed by atoms with E-state index >= 15 is 0 Å². The number of benzene rings is 1. The number of carbonyl (C=O) groups excluding carboxylic acids is 1. The largest absolute Gasteiger partial charge is 0.369 e. The van der Waals surface area contributed by atoms with E-state index in [-0.39, 0.29) is 22.4 Å². The maximum Gasteiger partial charge on any atom is 0.272 e. The maximum atomic E-state index is 11.4. The van der Waals surface area contributed by atoms with Crippen molar-refractivity contribution in [3.63, 3.8) is 0 Å². The van der Waals surface area contributed by atoms with Crippen LogP contribution in [0.4, 0.5) is 5.69 Å². The van der Waals surface area contributed by atoms with E-state index in [4.69, 9.17) is 5.73 Å². The number of primary amides is 1. The zero-order valence-electron chi connectivity index (χ0n) is 12.4. The van der Waals surface area contributed by atoms with Gasteiger partial charge in [0.25, 0.3) is 5.69 Å². The lowest BCUT2D eigenvalue weighted by Gasteiger charge is -2.37. The Bertz CT molecular complexity index is 559. The van der Waals surface area contributed by atoms with Gasteiger partial charge in [0.05, 0.1) is 10.8 Å². The molecule has 0 unspecified atom stereocenters. The summed E-state index contributed by atoms with van der Waals surface area (Å²) in [5, 5.41) is 11.0. The second-order valence-electron chi connectivity index (χ2n) is 5.77. The number of nitrogens with zero attached hydrogens (tertiary/aromatic N) is 2. The molecule has 2 rings (SSSR count). The lowest BCUT2D eigenvalue weighted by molar-refractivity contribution is -0.385. The highest BCUT2D eigenvalue weighted by atomic mass is 16.6. The Kier molecular flexibility index (Phi) is 4.57. The van der Waals surface area contributed by atoms with Crippen LogP contribution in [0.2, 0.25) is 0 Å². The van der Waals surface area contributed by atoms with Crippen LogP contribution in [0.25, 0.3) is 0 Å². The van der Waals surface area contributed by atoms with Gasteiger partial charge in [-0.05, 0) is 32.3 Å². The van der Waals surface area contributed by atoms with Gasteiger partial charge in [0, 0.05) is 30.8 Å². The molecule has 114 valence electrons. The van der Waals surface area contributed by atoms with Crippen LogP contribution in [0.15, 0.2) is 18.2 Å². The Morgan fingerprint density at radius 1 is 1.48 bits per heavy atom. The normalized spacial score (nSPS) is 23.0. The average molecular weight is 291 g/mol. The number of hydrogen-bond acceptors (Lipinski definition) is 4. The van der Waals surface area contributed by atoms with Gasteiger partial charge in [-0.3, -0.25) is 19.8 Å². The van der Waals surface area contributed by atoms with Crippen molar-refractivity contribution >= 4 is 11.6 Å². The molecule has 1 fully saturated rings. The van der Waals surface area contributed by atoms with E-state index in [0.29, 0.717) is 24.7 Å². The van der Waals surface area contributed by atoms with Crippen molar-refractivity contribution in [2.24, 2.45) is 11.7 Å². The number of carbonyl (C=O) groups is 1. The van der Waals surface area contributed by atoms with Crippen LogP contribution in [0.1, 0.15) is 30.9 Å². The van der Waals surface area contributed by atoms with Crippen LogP contribution < -0.4 is 5.73 Å². The van der Waals surface area contributed by atoms with E-state index in [1.807, 2.05) is 6.07 Å². The van der Waals surface area contributed by atoms with Gasteiger partial charge in [-0.25, -0.2) is 0 Å². The molecule has 1 aliphatic heterocycles. The molecule has 2 N–H and O–H groups in total. The molecule has 21 heavy (non-hydrogen) atoms. The second kappa shape index (κ2) is 6.22. The number of hydrogen-bond donors (Lipinski definition) is 1. The summed E-state index contributed by atoms with van der Waals surface area (Å²) in [5.41, 5.74) is 7.17. The Morgan fingerprint density at radius 2 is 2.19 bits per heavy atom. The van der Waals surface area contributed by atoms with E-state index < -0.39 is 0 Å². The smallest absolute Gasteiger partial charge is 0.272 e. The number of nitrogens with two attached hydrogens (primary N) is 1. The van der Waals surface area contributed by atoms with E-state index in [0.717, 1.165) is 18.4 Å². The molecule has 0 radical (unpaired) electrons. The first kappa shape index (κ1) is 15.4. The van der Waals surface area contributed by atoms with Gasteiger partial charge < -0.3 is 5.73 Å². The highest BCUT2D eigenvalue weighted by Crippen LogP contribution is 2.27. The third-order valence-corrected chi connectivity index (χ3v) is 4.40. The molecule has 1 amide bonds. The summed E-state index contributed by atoms with van der Waals surface area (Å²) in [6.07, 6.45) is 1.74. The van der Waals surface area contributed by atoms with E-state index in [1.54, 1.807) is 13.0 Å². The highest BCUT2D eigenvalue weighted by molar-refractivity contribution is 5.77. The van der Waals surface area contributed by atoms with Gasteiger partial charge in [0.15, 0.2) is 0 Å². The summed E-state index contributed by atoms with van der Waals surface area (Å²) >= 11 is 0. The van der Waals surface area contributed by atoms with Crippen molar-refractivity contribution in [2.75, 3.05) is 6.54 Å². The second-order valence-corrected chi connectivity index (χ2v) is 5.77. The lowest BCUT2D eigenvalue weighted by atomic mass is 9.92. The molecular weight excluding hydrogens is 270 g/mol. The summed E-state index contributed by atoms with van der Waals surface area (Å²) < 4.78 is 0. The monoisotopic (exact) mass is 291 g/mol. The van der Waals surface area contributed by atoms with Crippen LogP contribution >= 0.6 is 0 Å². The van der Waals surface area contributed by atoms with Gasteiger partial charge in [0.2, 0.25) is 5.91 Å². The predicted molar refractivity (Wildman–Crippen MR) is 79.6 cm³/mol. The van der Waals surface area contributed by atoms with Crippen molar-refractivity contribution in [1.29, 1.82) is 0 Å². The molecule has 0 spiro atoms. The molecule has 0 saturated carbocycles. The molecule has 0 bridgehead atoms. The summed E-state index contributed by atoms with van der Waals surface area (Å²) in [6.45, 7) is 5.12. The zero-order chi connectivity index (χ0) is 15.6. The van der Waals surface area contributed by atoms with Gasteiger partial charge in [-0.1, -0.05) is 12.1 Å². The number of amides is 1. The van der Waals surface area contributed by atoms with E-state index in [1.165, 1.54) is 6.07 Å². The fourth-order valence-electron chi connectivity index (χ4n) is 2.89. The fourth-order valence-corrected chi connectivity index (χ4v) is 2.89. The molecule has 6 nitrogen and oxygen atoms in total. The van der Waals surface area contributed by atoms with Gasteiger partial charge in [-0.15, -0.1) is 0 Å². The molecule has 0 aromatic heterocycles. The fraction of sp³-hybridized carbons (Fsp3) is 0.533. The van der Waals surface area contributed by atoms with Crippen molar-refractivity contribution in [3.05, 3.63) is 39.4 Å². The van der Waals surface area contributed by atoms with Gasteiger partial charge in [0.1, 0.15) is 0 Å². The third-order valence-electron chi connectivity index (χ3n) is 4.40. The Balaban J connectivity index is 2.18. The van der Waals surface area contributed by atoms with Crippen molar-refractivity contribution < 1.29 is 9.72 Å². The van der Waals surface area contributed by atoms with E-state index in [9.17, 15) is 14.9 Å². The Labute approximate surface area is 124 Å². The Hall–Kier alpha value is -1.95. The van der Waals surface area contributed by atoms with Crippen LogP contribution in [0.3, 0.4) is 0 Å². The number of rotatable bonds is 4. The van der Waals surface area contributed by atoms with Crippen molar-refractivity contribution in [3.8, 4) is 0 Å². The number of nitro benzene ring substituents is 1. The van der Waals surface area contributed by atoms with Crippen molar-refractivity contribution in [2.45, 2.75) is 39.3 Å². The average Bonchev–Trinajstić information content (AvgIpc) is 2.42. The molecule has 1 aromatic carbocycles. The first-order chi connectivity index (χ1) is 9.90. The van der Waals surface area contributed by atoms with Gasteiger partial charge in [-0.2, -0.15) is 0 Å². The minimum absolute atomic E-state index is 0.125. The standard InChI is InChI=1S/C15H21N3O3/c1-10-6-7-13(15(16)19)9-17(10)8-12-4-3-5-14(11(12)2)18(20)21/h3-5,10,13H,6-9H2,1-2H3,(H2,16,19)/t10-,13-/m0/s1. The highest BCUT2D eigenvalue weighted by Gasteiger charge is 2.29. The zero-order valence-corrected chi connectivity index (χ0v) is 12.4. The van der Waals surface area contributed by atoms with Crippen molar-refractivity contribution in [1.82, 2.24) is 4.90 Å². The van der Waals surface area contributed by atoms with E-state index in [2.05, 4.69) is 11.8 Å². The summed E-state index contributed by atoms with van der Waals surface area (Å²) in [5.74, 6) is -0.386. The number of likely N-dealkylation sites (tertiary alicyclic amines) is 1. The predicted octanol–water partition coefficient (Wildman–Crippen LogP) is 1.99. The molecule has 0 aliphatic carbocycles. The number of piperidine rings is 1. The molecule has 6 heteroatoms. The molecule has 1 saturated heterocycles. The Morgan fingerprint density at radius 3 is 2.81 bits per heavy atom. The number of nitro groups is 1. The molecule has 2 atom stereocenters. The summed E-state index contributed by atoms with van der Waals surface area (Å²) in [6, 6.07) is 5.48. The third kappa shape index (κ3) is 3.39. The summed E-state index contributed by atoms with van der Waals surface area (Å²) in [4.78, 5) is 24.2. The van der Waals surface area contributed by atoms with Crippen LogP contribution in [-0.4, -0.2) is 28.3 Å². The van der Waals surface area contributed by atoms with Crippen LogP contribution in [0.5, 0.6) is 0 Å².